The molecule has 0 radical (unpaired) electrons. The Morgan fingerprint density at radius 3 is 2.58 bits per heavy atom. The molecule has 3 aromatic rings. The van der Waals surface area contributed by atoms with E-state index < -0.39 is 6.04 Å². The van der Waals surface area contributed by atoms with Gasteiger partial charge >= 0.3 is 0 Å². The second kappa shape index (κ2) is 10.6. The summed E-state index contributed by atoms with van der Waals surface area (Å²) in [5.41, 5.74) is 9.17. The molecule has 8 heteroatoms. The van der Waals surface area contributed by atoms with Crippen LogP contribution in [-0.2, 0) is 11.3 Å². The Balaban J connectivity index is 1.58. The zero-order valence-electron chi connectivity index (χ0n) is 20.6. The number of carbonyl (C=O) groups is 1. The van der Waals surface area contributed by atoms with Crippen molar-refractivity contribution in [3.05, 3.63) is 83.7 Å². The van der Waals surface area contributed by atoms with E-state index in [1.807, 2.05) is 54.3 Å². The number of nitrogens with one attached hydrogen (secondary N) is 2. The summed E-state index contributed by atoms with van der Waals surface area (Å²) in [7, 11) is 0. The first-order chi connectivity index (χ1) is 17.6. The van der Waals surface area contributed by atoms with Gasteiger partial charge < -0.3 is 19.5 Å². The Morgan fingerprint density at radius 1 is 1.00 bits per heavy atom. The van der Waals surface area contributed by atoms with E-state index in [9.17, 15) is 9.90 Å². The third-order valence-corrected chi connectivity index (χ3v) is 6.83. The van der Waals surface area contributed by atoms with E-state index in [2.05, 4.69) is 22.8 Å². The molecule has 2 saturated heterocycles. The van der Waals surface area contributed by atoms with Gasteiger partial charge in [0.25, 0.3) is 0 Å². The Labute approximate surface area is 211 Å². The van der Waals surface area contributed by atoms with E-state index in [4.69, 9.17) is 9.47 Å². The van der Waals surface area contributed by atoms with Crippen molar-refractivity contribution >= 4 is 5.91 Å². The molecule has 36 heavy (non-hydrogen) atoms. The quantitative estimate of drug-likeness (QED) is 0.421. The van der Waals surface area contributed by atoms with Gasteiger partial charge in [-0.1, -0.05) is 37.3 Å². The minimum absolute atomic E-state index is 0.00328. The lowest BCUT2D eigenvalue weighted by atomic mass is 9.83. The van der Waals surface area contributed by atoms with E-state index in [-0.39, 0.29) is 29.7 Å². The molecule has 188 valence electrons. The molecular formula is C28H32N4O4. The minimum atomic E-state index is -0.442. The van der Waals surface area contributed by atoms with E-state index in [1.54, 1.807) is 24.5 Å². The summed E-state index contributed by atoms with van der Waals surface area (Å²) in [6.45, 7) is 5.54. The third kappa shape index (κ3) is 4.50. The maximum Gasteiger partial charge on any atom is 0.242 e. The van der Waals surface area contributed by atoms with Crippen molar-refractivity contribution in [2.24, 2.45) is 5.92 Å². The van der Waals surface area contributed by atoms with Crippen LogP contribution in [0.4, 0.5) is 0 Å². The molecule has 2 aromatic carbocycles. The number of likely N-dealkylation sites (tertiary alicyclic amines) is 1. The molecule has 2 aliphatic rings. The average Bonchev–Trinajstić information content (AvgIpc) is 3.43. The Morgan fingerprint density at radius 2 is 1.83 bits per heavy atom. The van der Waals surface area contributed by atoms with Gasteiger partial charge in [0.1, 0.15) is 11.8 Å². The predicted octanol–water partition coefficient (Wildman–Crippen LogP) is 3.89. The van der Waals surface area contributed by atoms with Crippen LogP contribution in [0.2, 0.25) is 0 Å². The maximum absolute atomic E-state index is 13.7. The van der Waals surface area contributed by atoms with Crippen LogP contribution >= 0.6 is 0 Å². The van der Waals surface area contributed by atoms with Gasteiger partial charge in [0.15, 0.2) is 11.5 Å². The van der Waals surface area contributed by atoms with Crippen LogP contribution in [0.15, 0.2) is 67.0 Å². The number of aromatic nitrogens is 1. The van der Waals surface area contributed by atoms with Gasteiger partial charge in [0, 0.05) is 30.4 Å². The molecular weight excluding hydrogens is 456 g/mol. The Hall–Kier alpha value is -3.62. The van der Waals surface area contributed by atoms with Gasteiger partial charge in [-0.05, 0) is 48.7 Å². The summed E-state index contributed by atoms with van der Waals surface area (Å²) < 4.78 is 11.9. The van der Waals surface area contributed by atoms with Gasteiger partial charge in [-0.15, -0.1) is 0 Å². The number of ether oxygens (including phenoxy) is 2. The SMILES string of the molecule is CCCOc1ccc(C2C3C(NNC3c3ccccc3O)C(=O)N2Cc2cccnc2)cc1OCC. The summed E-state index contributed by atoms with van der Waals surface area (Å²) in [5.74, 6) is 1.40. The summed E-state index contributed by atoms with van der Waals surface area (Å²) in [6, 6.07) is 16.1. The molecule has 5 rings (SSSR count). The number of aromatic hydroxyl groups is 1. The van der Waals surface area contributed by atoms with Gasteiger partial charge in [-0.3, -0.25) is 9.78 Å². The minimum Gasteiger partial charge on any atom is -0.508 e. The number of pyridine rings is 1. The number of fused-ring (bicyclic) bond motifs is 1. The molecule has 0 saturated carbocycles. The van der Waals surface area contributed by atoms with Crippen LogP contribution in [0, 0.1) is 5.92 Å². The topological polar surface area (TPSA) is 96.0 Å². The number of hydrogen-bond acceptors (Lipinski definition) is 7. The molecule has 0 aliphatic carbocycles. The number of rotatable bonds is 9. The summed E-state index contributed by atoms with van der Waals surface area (Å²) in [5, 5.41) is 10.6. The normalized spacial score (nSPS) is 23.1. The van der Waals surface area contributed by atoms with Crippen molar-refractivity contribution in [3.63, 3.8) is 0 Å². The van der Waals surface area contributed by atoms with Crippen LogP contribution in [0.5, 0.6) is 17.2 Å². The number of nitrogens with zero attached hydrogens (tertiary/aromatic N) is 2. The summed E-state index contributed by atoms with van der Waals surface area (Å²) in [6.07, 6.45) is 4.41. The van der Waals surface area contributed by atoms with E-state index in [0.717, 1.165) is 23.1 Å². The lowest BCUT2D eigenvalue weighted by Gasteiger charge is -2.32. The molecule has 1 amide bonds. The van der Waals surface area contributed by atoms with E-state index in [1.165, 1.54) is 0 Å². The first-order valence-electron chi connectivity index (χ1n) is 12.5. The number of phenolic OH excluding ortho intramolecular Hbond substituents is 1. The van der Waals surface area contributed by atoms with Crippen molar-refractivity contribution in [2.75, 3.05) is 13.2 Å². The second-order valence-corrected chi connectivity index (χ2v) is 9.14. The molecule has 0 bridgehead atoms. The van der Waals surface area contributed by atoms with Gasteiger partial charge in [0.05, 0.1) is 25.3 Å². The number of hydrazine groups is 1. The first kappa shape index (κ1) is 24.1. The van der Waals surface area contributed by atoms with Crippen molar-refractivity contribution < 1.29 is 19.4 Å². The van der Waals surface area contributed by atoms with Crippen LogP contribution in [-0.4, -0.2) is 40.2 Å². The Kier molecular flexibility index (Phi) is 7.06. The zero-order valence-corrected chi connectivity index (χ0v) is 20.6. The molecule has 0 spiro atoms. The molecule has 4 atom stereocenters. The highest BCUT2D eigenvalue weighted by Crippen LogP contribution is 2.50. The lowest BCUT2D eigenvalue weighted by Crippen LogP contribution is -2.41. The molecule has 3 heterocycles. The highest BCUT2D eigenvalue weighted by atomic mass is 16.5. The molecule has 2 fully saturated rings. The molecule has 4 unspecified atom stereocenters. The second-order valence-electron chi connectivity index (χ2n) is 9.14. The number of hydrogen-bond donors (Lipinski definition) is 3. The van der Waals surface area contributed by atoms with Gasteiger partial charge in [-0.25, -0.2) is 10.9 Å². The number of benzene rings is 2. The highest BCUT2D eigenvalue weighted by molar-refractivity contribution is 5.86. The van der Waals surface area contributed by atoms with Crippen LogP contribution in [0.3, 0.4) is 0 Å². The first-order valence-corrected chi connectivity index (χ1v) is 12.5. The number of phenols is 1. The standard InChI is InChI=1S/C28H32N4O4/c1-3-14-36-22-12-11-19(15-23(22)35-4-2)27-24-25(20-9-5-6-10-21(20)33)30-31-26(24)28(34)32(27)17-18-8-7-13-29-16-18/h5-13,15-16,24-27,30-31,33H,3-4,14,17H2,1-2H3. The fraction of sp³-hybridized carbons (Fsp3) is 0.357. The number of para-hydroxylation sites is 1. The van der Waals surface area contributed by atoms with Gasteiger partial charge in [0.2, 0.25) is 5.91 Å². The highest BCUT2D eigenvalue weighted by Gasteiger charge is 2.55. The lowest BCUT2D eigenvalue weighted by molar-refractivity contribution is -0.131. The molecule has 1 aromatic heterocycles. The van der Waals surface area contributed by atoms with E-state index in [0.29, 0.717) is 31.3 Å². The van der Waals surface area contributed by atoms with Crippen molar-refractivity contribution in [3.8, 4) is 17.2 Å². The largest absolute Gasteiger partial charge is 0.508 e. The van der Waals surface area contributed by atoms with Crippen LogP contribution < -0.4 is 20.3 Å². The smallest absolute Gasteiger partial charge is 0.242 e. The predicted molar refractivity (Wildman–Crippen MR) is 135 cm³/mol. The monoisotopic (exact) mass is 488 g/mol. The summed E-state index contributed by atoms with van der Waals surface area (Å²) in [4.78, 5) is 19.9. The zero-order chi connectivity index (χ0) is 25.1. The average molecular weight is 489 g/mol. The molecule has 8 nitrogen and oxygen atoms in total. The number of amides is 1. The number of carbonyl (C=O) groups excluding carboxylic acids is 1. The Bertz CT molecular complexity index is 1210. The van der Waals surface area contributed by atoms with Crippen molar-refractivity contribution in [2.45, 2.75) is 44.9 Å². The summed E-state index contributed by atoms with van der Waals surface area (Å²) >= 11 is 0. The fourth-order valence-corrected chi connectivity index (χ4v) is 5.29. The maximum atomic E-state index is 13.7. The molecule has 3 N–H and O–H groups in total. The third-order valence-electron chi connectivity index (χ3n) is 6.83. The van der Waals surface area contributed by atoms with Crippen molar-refractivity contribution in [1.29, 1.82) is 0 Å². The molecule has 2 aliphatic heterocycles. The van der Waals surface area contributed by atoms with Crippen LogP contribution in [0.25, 0.3) is 0 Å². The van der Waals surface area contributed by atoms with E-state index >= 15 is 0 Å². The van der Waals surface area contributed by atoms with Crippen LogP contribution in [0.1, 0.15) is 49.0 Å². The van der Waals surface area contributed by atoms with Crippen molar-refractivity contribution in [1.82, 2.24) is 20.7 Å². The fourth-order valence-electron chi connectivity index (χ4n) is 5.29. The van der Waals surface area contributed by atoms with Gasteiger partial charge in [-0.2, -0.15) is 0 Å².